The van der Waals surface area contributed by atoms with Gasteiger partial charge in [0.05, 0.1) is 17.3 Å². The minimum absolute atomic E-state index is 0.134. The van der Waals surface area contributed by atoms with E-state index in [0.717, 1.165) is 12.1 Å². The molecule has 2 aromatic carbocycles. The molecule has 31 heavy (non-hydrogen) atoms. The maximum atomic E-state index is 14.6. The number of amides is 1. The smallest absolute Gasteiger partial charge is 0.253 e. The summed E-state index contributed by atoms with van der Waals surface area (Å²) in [4.78, 5) is 16.2. The van der Waals surface area contributed by atoms with Gasteiger partial charge in [-0.25, -0.2) is 8.78 Å². The average Bonchev–Trinajstić information content (AvgIpc) is 2.73. The minimum Gasteiger partial charge on any atom is -0.486 e. The lowest BCUT2D eigenvalue weighted by Crippen LogP contribution is -2.49. The second kappa shape index (κ2) is 8.14. The van der Waals surface area contributed by atoms with Crippen LogP contribution in [0, 0.1) is 11.6 Å². The largest absolute Gasteiger partial charge is 0.486 e. The fraction of sp³-hybridized carbons (Fsp3) is 0.273. The molecule has 0 spiro atoms. The second-order valence-electron chi connectivity index (χ2n) is 7.41. The number of nitrogens with one attached hydrogen (secondary N) is 1. The van der Waals surface area contributed by atoms with Crippen molar-refractivity contribution in [1.82, 2.24) is 10.2 Å². The van der Waals surface area contributed by atoms with Crippen LogP contribution in [0.15, 0.2) is 47.7 Å². The van der Waals surface area contributed by atoms with E-state index in [1.54, 1.807) is 38.1 Å². The Hall–Kier alpha value is -3.20. The van der Waals surface area contributed by atoms with E-state index in [1.807, 2.05) is 6.07 Å². The standard InChI is InChI=1S/C22H21F2N3O3S/c1-12-19(21(28)26(2)3)20(15-6-4-13(23)10-16(15)24)25-22(31)27(12)14-5-7-17-18(11-14)30-9-8-29-17/h4-7,10-11,20H,8-9H2,1-3H3,(H,25,31)/t20-/m1/s1. The molecule has 162 valence electrons. The van der Waals surface area contributed by atoms with Crippen molar-refractivity contribution in [2.45, 2.75) is 13.0 Å². The topological polar surface area (TPSA) is 54.0 Å². The predicted octanol–water partition coefficient (Wildman–Crippen LogP) is 3.53. The van der Waals surface area contributed by atoms with Gasteiger partial charge < -0.3 is 19.7 Å². The van der Waals surface area contributed by atoms with Gasteiger partial charge in [0.2, 0.25) is 0 Å². The van der Waals surface area contributed by atoms with Crippen molar-refractivity contribution in [2.24, 2.45) is 0 Å². The van der Waals surface area contributed by atoms with E-state index < -0.39 is 17.7 Å². The number of benzene rings is 2. The van der Waals surface area contributed by atoms with Gasteiger partial charge in [0.15, 0.2) is 16.6 Å². The van der Waals surface area contributed by atoms with Gasteiger partial charge in [-0.15, -0.1) is 0 Å². The summed E-state index contributed by atoms with van der Waals surface area (Å²) >= 11 is 5.58. The number of likely N-dealkylation sites (N-methyl/N-ethyl adjacent to an activating group) is 1. The predicted molar refractivity (Wildman–Crippen MR) is 116 cm³/mol. The summed E-state index contributed by atoms with van der Waals surface area (Å²) in [5.41, 5.74) is 1.64. The average molecular weight is 445 g/mol. The highest BCUT2D eigenvalue weighted by Gasteiger charge is 2.36. The number of halogens is 2. The third-order valence-electron chi connectivity index (χ3n) is 5.18. The maximum absolute atomic E-state index is 14.6. The highest BCUT2D eigenvalue weighted by molar-refractivity contribution is 7.80. The number of carbonyl (C=O) groups is 1. The van der Waals surface area contributed by atoms with Crippen LogP contribution in [0.2, 0.25) is 0 Å². The van der Waals surface area contributed by atoms with E-state index in [4.69, 9.17) is 21.7 Å². The fourth-order valence-corrected chi connectivity index (χ4v) is 4.07. The van der Waals surface area contributed by atoms with Crippen LogP contribution >= 0.6 is 12.2 Å². The molecule has 4 rings (SSSR count). The van der Waals surface area contributed by atoms with Crippen molar-refractivity contribution in [3.8, 4) is 11.5 Å². The van der Waals surface area contributed by atoms with Gasteiger partial charge in [-0.1, -0.05) is 6.07 Å². The molecule has 2 aromatic rings. The summed E-state index contributed by atoms with van der Waals surface area (Å²) in [6, 6.07) is 7.77. The van der Waals surface area contributed by atoms with Gasteiger partial charge in [-0.3, -0.25) is 9.69 Å². The quantitative estimate of drug-likeness (QED) is 0.730. The number of anilines is 1. The zero-order valence-corrected chi connectivity index (χ0v) is 18.1. The number of allylic oxidation sites excluding steroid dienone is 1. The fourth-order valence-electron chi connectivity index (χ4n) is 3.71. The summed E-state index contributed by atoms with van der Waals surface area (Å²) < 4.78 is 39.3. The summed E-state index contributed by atoms with van der Waals surface area (Å²) in [6.07, 6.45) is 0. The number of rotatable bonds is 3. The molecule has 6 nitrogen and oxygen atoms in total. The number of fused-ring (bicyclic) bond motifs is 1. The number of carbonyl (C=O) groups excluding carboxylic acids is 1. The molecule has 0 unspecified atom stereocenters. The number of hydrogen-bond acceptors (Lipinski definition) is 4. The monoisotopic (exact) mass is 445 g/mol. The zero-order valence-electron chi connectivity index (χ0n) is 17.2. The molecule has 2 heterocycles. The first-order valence-corrected chi connectivity index (χ1v) is 10.1. The Labute approximate surface area is 184 Å². The van der Waals surface area contributed by atoms with Crippen LogP contribution in [0.3, 0.4) is 0 Å². The van der Waals surface area contributed by atoms with Crippen LogP contribution in [-0.4, -0.2) is 43.2 Å². The lowest BCUT2D eigenvalue weighted by atomic mass is 9.93. The molecule has 0 saturated carbocycles. The summed E-state index contributed by atoms with van der Waals surface area (Å²) in [5.74, 6) is -0.567. The van der Waals surface area contributed by atoms with E-state index in [-0.39, 0.29) is 16.6 Å². The Balaban J connectivity index is 1.84. The number of nitrogens with zero attached hydrogens (tertiary/aromatic N) is 2. The molecule has 0 aromatic heterocycles. The van der Waals surface area contributed by atoms with Crippen LogP contribution in [0.4, 0.5) is 14.5 Å². The van der Waals surface area contributed by atoms with Crippen LogP contribution in [0.5, 0.6) is 11.5 Å². The molecule has 0 aliphatic carbocycles. The van der Waals surface area contributed by atoms with E-state index in [9.17, 15) is 13.6 Å². The van der Waals surface area contributed by atoms with Crippen molar-refractivity contribution in [3.63, 3.8) is 0 Å². The summed E-state index contributed by atoms with van der Waals surface area (Å²) in [6.45, 7) is 2.65. The molecule has 0 bridgehead atoms. The van der Waals surface area contributed by atoms with Crippen LogP contribution in [0.25, 0.3) is 0 Å². The van der Waals surface area contributed by atoms with Gasteiger partial charge in [0.25, 0.3) is 5.91 Å². The van der Waals surface area contributed by atoms with E-state index in [1.165, 1.54) is 11.0 Å². The first-order chi connectivity index (χ1) is 14.8. The lowest BCUT2D eigenvalue weighted by molar-refractivity contribution is -0.125. The van der Waals surface area contributed by atoms with Crippen molar-refractivity contribution in [1.29, 1.82) is 0 Å². The Morgan fingerprint density at radius 1 is 1.13 bits per heavy atom. The first kappa shape index (κ1) is 21.0. The SMILES string of the molecule is CC1=C(C(=O)N(C)C)[C@@H](c2ccc(F)cc2F)NC(=S)N1c1ccc2c(c1)OCCO2. The Kier molecular flexibility index (Phi) is 5.53. The molecule has 1 amide bonds. The minimum atomic E-state index is -0.864. The number of hydrogen-bond donors (Lipinski definition) is 1. The van der Waals surface area contributed by atoms with Gasteiger partial charge in [-0.05, 0) is 37.3 Å². The first-order valence-electron chi connectivity index (χ1n) is 9.65. The normalized spacial score (nSPS) is 18.0. The Morgan fingerprint density at radius 3 is 2.52 bits per heavy atom. The van der Waals surface area contributed by atoms with Crippen molar-refractivity contribution in [2.75, 3.05) is 32.2 Å². The van der Waals surface area contributed by atoms with E-state index >= 15 is 0 Å². The zero-order chi connectivity index (χ0) is 22.3. The lowest BCUT2D eigenvalue weighted by Gasteiger charge is -2.38. The van der Waals surface area contributed by atoms with Crippen LogP contribution in [-0.2, 0) is 4.79 Å². The summed E-state index contributed by atoms with van der Waals surface area (Å²) in [7, 11) is 3.23. The third kappa shape index (κ3) is 3.81. The molecule has 0 saturated heterocycles. The molecule has 2 aliphatic rings. The van der Waals surface area contributed by atoms with Crippen LogP contribution in [0.1, 0.15) is 18.5 Å². The molecule has 9 heteroatoms. The van der Waals surface area contributed by atoms with E-state index in [2.05, 4.69) is 5.32 Å². The number of thiocarbonyl (C=S) groups is 1. The van der Waals surface area contributed by atoms with Gasteiger partial charge in [0.1, 0.15) is 24.8 Å². The molecule has 1 N–H and O–H groups in total. The molecule has 1 atom stereocenters. The van der Waals surface area contributed by atoms with Gasteiger partial charge in [0, 0.05) is 37.5 Å². The van der Waals surface area contributed by atoms with Crippen molar-refractivity contribution in [3.05, 3.63) is 64.9 Å². The molecule has 0 radical (unpaired) electrons. The van der Waals surface area contributed by atoms with Crippen molar-refractivity contribution >= 4 is 28.9 Å². The third-order valence-corrected chi connectivity index (χ3v) is 5.48. The van der Waals surface area contributed by atoms with Gasteiger partial charge >= 0.3 is 0 Å². The Morgan fingerprint density at radius 2 is 1.84 bits per heavy atom. The van der Waals surface area contributed by atoms with Gasteiger partial charge in [-0.2, -0.15) is 0 Å². The summed E-state index contributed by atoms with van der Waals surface area (Å²) in [5, 5.41) is 3.33. The Bertz CT molecular complexity index is 1100. The highest BCUT2D eigenvalue weighted by atomic mass is 32.1. The van der Waals surface area contributed by atoms with Crippen molar-refractivity contribution < 1.29 is 23.0 Å². The highest BCUT2D eigenvalue weighted by Crippen LogP contribution is 2.39. The maximum Gasteiger partial charge on any atom is 0.253 e. The molecule has 2 aliphatic heterocycles. The second-order valence-corrected chi connectivity index (χ2v) is 7.80. The molecule has 0 fully saturated rings. The van der Waals surface area contributed by atoms with E-state index in [0.29, 0.717) is 41.7 Å². The van der Waals surface area contributed by atoms with Crippen LogP contribution < -0.4 is 19.7 Å². The molecular weight excluding hydrogens is 424 g/mol. The molecular formula is C22H21F2N3O3S. The number of ether oxygens (including phenoxy) is 2.